The number of hydrogen-bond acceptors (Lipinski definition) is 3. The second kappa shape index (κ2) is 2.47. The van der Waals surface area contributed by atoms with Crippen molar-refractivity contribution >= 4 is 11.3 Å². The monoisotopic (exact) mass is 164 g/mol. The summed E-state index contributed by atoms with van der Waals surface area (Å²) in [4.78, 5) is 9.18. The lowest BCUT2D eigenvalue weighted by atomic mass is 10.7. The highest BCUT2D eigenvalue weighted by Crippen LogP contribution is 2.14. The van der Waals surface area contributed by atoms with Crippen molar-refractivity contribution in [3.05, 3.63) is 29.8 Å². The van der Waals surface area contributed by atoms with Gasteiger partial charge in [0, 0.05) is 23.5 Å². The Hall–Kier alpha value is -1.16. The molecule has 0 bridgehead atoms. The summed E-state index contributed by atoms with van der Waals surface area (Å²) in [6, 6.07) is 0. The van der Waals surface area contributed by atoms with Crippen LogP contribution >= 0.6 is 11.3 Å². The van der Waals surface area contributed by atoms with Gasteiger partial charge < -0.3 is 0 Å². The first-order valence-corrected chi connectivity index (χ1v) is 4.02. The predicted octanol–water partition coefficient (Wildman–Crippen LogP) is 1.44. The van der Waals surface area contributed by atoms with Crippen molar-refractivity contribution in [1.29, 1.82) is 0 Å². The van der Waals surface area contributed by atoms with Gasteiger partial charge in [0.2, 0.25) is 0 Å². The van der Waals surface area contributed by atoms with Crippen LogP contribution in [0.15, 0.2) is 18.6 Å². The molecule has 3 nitrogen and oxygen atoms in total. The lowest BCUT2D eigenvalue weighted by Gasteiger charge is -1.89. The molecule has 0 aliphatic carbocycles. The fourth-order valence-corrected chi connectivity index (χ4v) is 1.49. The third-order valence-corrected chi connectivity index (χ3v) is 2.18. The zero-order chi connectivity index (χ0) is 7.68. The fourth-order valence-electron chi connectivity index (χ4n) is 0.790. The summed E-state index contributed by atoms with van der Waals surface area (Å²) in [6.45, 7) is 2.03. The van der Waals surface area contributed by atoms with E-state index in [1.165, 1.54) is 4.88 Å². The van der Waals surface area contributed by atoms with Crippen LogP contribution in [0.2, 0.25) is 0 Å². The third-order valence-electron chi connectivity index (χ3n) is 1.27. The number of nitrogens with zero attached hydrogens (tertiary/aromatic N) is 3. The van der Waals surface area contributed by atoms with Crippen molar-refractivity contribution in [3.8, 4) is 5.13 Å². The SMILES string of the molecule is Cc1cnc(-n2[c]ncc2)s1. The number of imidazole rings is 1. The van der Waals surface area contributed by atoms with Crippen molar-refractivity contribution in [2.24, 2.45) is 0 Å². The van der Waals surface area contributed by atoms with Gasteiger partial charge in [0.1, 0.15) is 0 Å². The predicted molar refractivity (Wildman–Crippen MR) is 42.8 cm³/mol. The van der Waals surface area contributed by atoms with Gasteiger partial charge in [-0.25, -0.2) is 9.97 Å². The Morgan fingerprint density at radius 1 is 1.64 bits per heavy atom. The molecule has 2 heterocycles. The van der Waals surface area contributed by atoms with E-state index in [1.54, 1.807) is 22.1 Å². The standard InChI is InChI=1S/C7H6N3S/c1-6-4-9-7(11-6)10-3-2-8-5-10/h2-4H,1H3. The van der Waals surface area contributed by atoms with Gasteiger partial charge in [0.25, 0.3) is 0 Å². The van der Waals surface area contributed by atoms with Gasteiger partial charge in [-0.1, -0.05) is 0 Å². The maximum Gasteiger partial charge on any atom is 0.195 e. The number of rotatable bonds is 1. The molecule has 0 aromatic carbocycles. The molecule has 4 heteroatoms. The Morgan fingerprint density at radius 3 is 3.09 bits per heavy atom. The van der Waals surface area contributed by atoms with Crippen LogP contribution in [0.5, 0.6) is 0 Å². The maximum absolute atomic E-state index is 4.17. The zero-order valence-corrected chi connectivity index (χ0v) is 6.80. The molecule has 55 valence electrons. The van der Waals surface area contributed by atoms with Gasteiger partial charge in [-0.15, -0.1) is 11.3 Å². The first-order chi connectivity index (χ1) is 5.36. The molecule has 2 aromatic rings. The fraction of sp³-hybridized carbons (Fsp3) is 0.143. The molecule has 0 amide bonds. The summed E-state index contributed by atoms with van der Waals surface area (Å²) in [5.41, 5.74) is 0. The van der Waals surface area contributed by atoms with E-state index >= 15 is 0 Å². The smallest absolute Gasteiger partial charge is 0.195 e. The van der Waals surface area contributed by atoms with E-state index in [-0.39, 0.29) is 0 Å². The molecule has 0 atom stereocenters. The average molecular weight is 164 g/mol. The van der Waals surface area contributed by atoms with E-state index in [0.29, 0.717) is 0 Å². The molecule has 0 spiro atoms. The zero-order valence-electron chi connectivity index (χ0n) is 5.98. The lowest BCUT2D eigenvalue weighted by Crippen LogP contribution is -1.86. The van der Waals surface area contributed by atoms with Gasteiger partial charge in [-0.3, -0.25) is 4.57 Å². The summed E-state index contributed by atoms with van der Waals surface area (Å²) >= 11 is 1.63. The van der Waals surface area contributed by atoms with Crippen LogP contribution in [0, 0.1) is 13.3 Å². The molecule has 0 unspecified atom stereocenters. The summed E-state index contributed by atoms with van der Waals surface area (Å²) < 4.78 is 1.78. The molecular formula is C7H6N3S. The van der Waals surface area contributed by atoms with Crippen LogP contribution in [0.25, 0.3) is 5.13 Å². The number of aromatic nitrogens is 3. The second-order valence-corrected chi connectivity index (χ2v) is 3.36. The van der Waals surface area contributed by atoms with Gasteiger partial charge in [-0.2, -0.15) is 0 Å². The first kappa shape index (κ1) is 6.54. The first-order valence-electron chi connectivity index (χ1n) is 3.20. The van der Waals surface area contributed by atoms with E-state index in [9.17, 15) is 0 Å². The quantitative estimate of drug-likeness (QED) is 0.638. The molecule has 0 saturated carbocycles. The average Bonchev–Trinajstić information content (AvgIpc) is 2.55. The lowest BCUT2D eigenvalue weighted by molar-refractivity contribution is 1.02. The molecule has 11 heavy (non-hydrogen) atoms. The topological polar surface area (TPSA) is 30.7 Å². The molecule has 0 fully saturated rings. The van der Waals surface area contributed by atoms with Gasteiger partial charge in [-0.05, 0) is 6.92 Å². The number of hydrogen-bond donors (Lipinski definition) is 0. The van der Waals surface area contributed by atoms with Crippen molar-refractivity contribution < 1.29 is 0 Å². The Balaban J connectivity index is 2.45. The minimum Gasteiger partial charge on any atom is -0.273 e. The molecule has 0 N–H and O–H groups in total. The molecule has 2 aromatic heterocycles. The highest BCUT2D eigenvalue weighted by Gasteiger charge is 1.98. The molecule has 2 rings (SSSR count). The molecule has 1 radical (unpaired) electrons. The molecule has 0 aliphatic heterocycles. The summed E-state index contributed by atoms with van der Waals surface area (Å²) in [7, 11) is 0. The highest BCUT2D eigenvalue weighted by atomic mass is 32.1. The Morgan fingerprint density at radius 2 is 2.55 bits per heavy atom. The third kappa shape index (κ3) is 1.17. The van der Waals surface area contributed by atoms with Crippen LogP contribution in [0.4, 0.5) is 0 Å². The van der Waals surface area contributed by atoms with Crippen LogP contribution in [-0.4, -0.2) is 14.5 Å². The van der Waals surface area contributed by atoms with E-state index in [0.717, 1.165) is 5.13 Å². The molecule has 0 aliphatic rings. The van der Waals surface area contributed by atoms with E-state index in [4.69, 9.17) is 0 Å². The van der Waals surface area contributed by atoms with E-state index < -0.39 is 0 Å². The molecule has 0 saturated heterocycles. The molecular weight excluding hydrogens is 158 g/mol. The largest absolute Gasteiger partial charge is 0.273 e. The Labute approximate surface area is 68.4 Å². The summed E-state index contributed by atoms with van der Waals surface area (Å²) in [6.07, 6.45) is 8.15. The normalized spacial score (nSPS) is 10.3. The van der Waals surface area contributed by atoms with Crippen molar-refractivity contribution in [3.63, 3.8) is 0 Å². The van der Waals surface area contributed by atoms with Gasteiger partial charge in [0.15, 0.2) is 11.5 Å². The summed E-state index contributed by atoms with van der Waals surface area (Å²) in [5, 5.41) is 0.917. The Kier molecular flexibility index (Phi) is 1.47. The number of thiazole rings is 1. The summed E-state index contributed by atoms with van der Waals surface area (Å²) in [5.74, 6) is 0. The van der Waals surface area contributed by atoms with Crippen LogP contribution in [0.3, 0.4) is 0 Å². The van der Waals surface area contributed by atoms with Gasteiger partial charge >= 0.3 is 0 Å². The van der Waals surface area contributed by atoms with Crippen molar-refractivity contribution in [2.45, 2.75) is 6.92 Å². The van der Waals surface area contributed by atoms with Crippen LogP contribution in [0.1, 0.15) is 4.88 Å². The van der Waals surface area contributed by atoms with Crippen molar-refractivity contribution in [1.82, 2.24) is 14.5 Å². The van der Waals surface area contributed by atoms with Gasteiger partial charge in [0.05, 0.1) is 0 Å². The Bertz CT molecular complexity index is 336. The van der Waals surface area contributed by atoms with Crippen LogP contribution in [-0.2, 0) is 0 Å². The van der Waals surface area contributed by atoms with E-state index in [2.05, 4.69) is 16.3 Å². The highest BCUT2D eigenvalue weighted by molar-refractivity contribution is 7.13. The van der Waals surface area contributed by atoms with E-state index in [1.807, 2.05) is 19.3 Å². The van der Waals surface area contributed by atoms with Crippen LogP contribution < -0.4 is 0 Å². The maximum atomic E-state index is 4.17. The second-order valence-electron chi connectivity index (χ2n) is 2.15. The number of aryl methyl sites for hydroxylation is 1. The minimum atomic E-state index is 0.917. The van der Waals surface area contributed by atoms with Crippen molar-refractivity contribution in [2.75, 3.05) is 0 Å². The minimum absolute atomic E-state index is 0.917.